The second-order valence-corrected chi connectivity index (χ2v) is 7.81. The fourth-order valence-corrected chi connectivity index (χ4v) is 4.38. The molecule has 1 fully saturated rings. The topological polar surface area (TPSA) is 76.3 Å². The minimum Gasteiger partial charge on any atom is -0.384 e. The van der Waals surface area contributed by atoms with Gasteiger partial charge in [0.05, 0.1) is 10.4 Å². The number of anilines is 1. The molecule has 2 heterocycles. The van der Waals surface area contributed by atoms with E-state index in [0.717, 1.165) is 5.39 Å². The average molecular weight is 305 g/mol. The summed E-state index contributed by atoms with van der Waals surface area (Å²) in [5.41, 5.74) is 6.35. The van der Waals surface area contributed by atoms with E-state index < -0.39 is 10.0 Å². The summed E-state index contributed by atoms with van der Waals surface area (Å²) >= 11 is 0. The van der Waals surface area contributed by atoms with Gasteiger partial charge in [0.1, 0.15) is 5.82 Å². The first-order chi connectivity index (χ1) is 9.88. The minimum atomic E-state index is -3.43. The van der Waals surface area contributed by atoms with Gasteiger partial charge in [-0.1, -0.05) is 13.8 Å². The predicted molar refractivity (Wildman–Crippen MR) is 83.2 cm³/mol. The number of hydrogen-bond acceptors (Lipinski definition) is 4. The van der Waals surface area contributed by atoms with Crippen molar-refractivity contribution in [1.29, 1.82) is 0 Å². The number of fused-ring (bicyclic) bond motifs is 1. The van der Waals surface area contributed by atoms with Gasteiger partial charge in [-0.3, -0.25) is 0 Å². The summed E-state index contributed by atoms with van der Waals surface area (Å²) in [6.45, 7) is 5.35. The lowest BCUT2D eigenvalue weighted by Crippen LogP contribution is -2.29. The van der Waals surface area contributed by atoms with Crippen LogP contribution in [-0.4, -0.2) is 30.8 Å². The molecule has 2 unspecified atom stereocenters. The van der Waals surface area contributed by atoms with Gasteiger partial charge in [-0.15, -0.1) is 0 Å². The van der Waals surface area contributed by atoms with Gasteiger partial charge in [-0.2, -0.15) is 4.31 Å². The van der Waals surface area contributed by atoms with E-state index >= 15 is 0 Å². The molecule has 0 aliphatic carbocycles. The van der Waals surface area contributed by atoms with Gasteiger partial charge in [0.15, 0.2) is 0 Å². The lowest BCUT2D eigenvalue weighted by Gasteiger charge is -2.16. The zero-order valence-electron chi connectivity index (χ0n) is 12.2. The van der Waals surface area contributed by atoms with Crippen LogP contribution in [0.25, 0.3) is 10.9 Å². The summed E-state index contributed by atoms with van der Waals surface area (Å²) in [5.74, 6) is 1.21. The standard InChI is InChI=1S/C15H19N3O2S/c1-10-8-18(9-11(10)2)21(19,20)13-4-5-14-12(7-13)3-6-15(16)17-14/h3-7,10-11H,8-9H2,1-2H3,(H2,16,17). The molecule has 0 radical (unpaired) electrons. The van der Waals surface area contributed by atoms with Crippen LogP contribution in [0.2, 0.25) is 0 Å². The Morgan fingerprint density at radius 3 is 2.48 bits per heavy atom. The summed E-state index contributed by atoms with van der Waals surface area (Å²) in [5, 5.41) is 0.783. The van der Waals surface area contributed by atoms with Gasteiger partial charge in [-0.05, 0) is 42.2 Å². The Labute approximate surface area is 124 Å². The fraction of sp³-hybridized carbons (Fsp3) is 0.400. The van der Waals surface area contributed by atoms with Crippen LogP contribution in [0.4, 0.5) is 5.82 Å². The molecule has 112 valence electrons. The fourth-order valence-electron chi connectivity index (χ4n) is 2.70. The van der Waals surface area contributed by atoms with Crippen LogP contribution in [0, 0.1) is 11.8 Å². The number of rotatable bonds is 2. The maximum atomic E-state index is 12.7. The summed E-state index contributed by atoms with van der Waals surface area (Å²) in [6, 6.07) is 8.47. The van der Waals surface area contributed by atoms with Crippen molar-refractivity contribution in [2.45, 2.75) is 18.7 Å². The van der Waals surface area contributed by atoms with Crippen molar-refractivity contribution in [2.24, 2.45) is 11.8 Å². The number of aromatic nitrogens is 1. The molecule has 2 aromatic rings. The van der Waals surface area contributed by atoms with Gasteiger partial charge in [0, 0.05) is 18.5 Å². The molecule has 5 nitrogen and oxygen atoms in total. The highest BCUT2D eigenvalue weighted by Gasteiger charge is 2.34. The SMILES string of the molecule is CC1CN(S(=O)(=O)c2ccc3nc(N)ccc3c2)CC1C. The first-order valence-corrected chi connectivity index (χ1v) is 8.48. The van der Waals surface area contributed by atoms with E-state index in [1.54, 1.807) is 34.6 Å². The van der Waals surface area contributed by atoms with Crippen LogP contribution >= 0.6 is 0 Å². The predicted octanol–water partition coefficient (Wildman–Crippen LogP) is 2.09. The molecule has 3 rings (SSSR count). The third kappa shape index (κ3) is 2.49. The van der Waals surface area contributed by atoms with E-state index in [1.165, 1.54) is 0 Å². The largest absolute Gasteiger partial charge is 0.384 e. The number of pyridine rings is 1. The van der Waals surface area contributed by atoms with Crippen molar-refractivity contribution in [3.05, 3.63) is 30.3 Å². The molecule has 21 heavy (non-hydrogen) atoms. The molecule has 1 aliphatic heterocycles. The van der Waals surface area contributed by atoms with Crippen LogP contribution in [-0.2, 0) is 10.0 Å². The first-order valence-electron chi connectivity index (χ1n) is 7.04. The average Bonchev–Trinajstić information content (AvgIpc) is 2.78. The Morgan fingerprint density at radius 2 is 1.81 bits per heavy atom. The Morgan fingerprint density at radius 1 is 1.14 bits per heavy atom. The number of nitrogen functional groups attached to an aromatic ring is 1. The smallest absolute Gasteiger partial charge is 0.243 e. The van der Waals surface area contributed by atoms with Gasteiger partial charge in [0.25, 0.3) is 0 Å². The molecule has 1 aromatic carbocycles. The summed E-state index contributed by atoms with van der Waals surface area (Å²) in [7, 11) is -3.43. The van der Waals surface area contributed by atoms with E-state index in [4.69, 9.17) is 5.73 Å². The molecule has 1 aliphatic rings. The Hall–Kier alpha value is -1.66. The number of hydrogen-bond donors (Lipinski definition) is 1. The molecule has 0 saturated carbocycles. The molecule has 1 saturated heterocycles. The van der Waals surface area contributed by atoms with Crippen molar-refractivity contribution in [2.75, 3.05) is 18.8 Å². The summed E-state index contributed by atoms with van der Waals surface area (Å²) in [4.78, 5) is 4.51. The van der Waals surface area contributed by atoms with E-state index in [2.05, 4.69) is 18.8 Å². The highest BCUT2D eigenvalue weighted by atomic mass is 32.2. The molecule has 0 bridgehead atoms. The minimum absolute atomic E-state index is 0.322. The second-order valence-electron chi connectivity index (χ2n) is 5.87. The monoisotopic (exact) mass is 305 g/mol. The molecule has 2 atom stereocenters. The number of nitrogens with two attached hydrogens (primary N) is 1. The zero-order chi connectivity index (χ0) is 15.2. The highest BCUT2D eigenvalue weighted by Crippen LogP contribution is 2.29. The van der Waals surface area contributed by atoms with Gasteiger partial charge in [0.2, 0.25) is 10.0 Å². The molecule has 0 spiro atoms. The Kier molecular flexibility index (Phi) is 3.37. The molecular weight excluding hydrogens is 286 g/mol. The van der Waals surface area contributed by atoms with Crippen LogP contribution in [0.5, 0.6) is 0 Å². The Bertz CT molecular complexity index is 779. The first kappa shape index (κ1) is 14.3. The number of nitrogens with zero attached hydrogens (tertiary/aromatic N) is 2. The maximum absolute atomic E-state index is 12.7. The van der Waals surface area contributed by atoms with Crippen molar-refractivity contribution in [1.82, 2.24) is 9.29 Å². The van der Waals surface area contributed by atoms with E-state index in [0.29, 0.717) is 41.2 Å². The molecular formula is C15H19N3O2S. The summed E-state index contributed by atoms with van der Waals surface area (Å²) < 4.78 is 27.0. The van der Waals surface area contributed by atoms with Gasteiger partial charge < -0.3 is 5.73 Å². The lowest BCUT2D eigenvalue weighted by atomic mass is 10.0. The molecule has 1 aromatic heterocycles. The Balaban J connectivity index is 2.01. The van der Waals surface area contributed by atoms with Crippen LogP contribution < -0.4 is 5.73 Å². The van der Waals surface area contributed by atoms with E-state index in [9.17, 15) is 8.42 Å². The van der Waals surface area contributed by atoms with E-state index in [1.807, 2.05) is 0 Å². The van der Waals surface area contributed by atoms with Crippen molar-refractivity contribution in [3.63, 3.8) is 0 Å². The van der Waals surface area contributed by atoms with Crippen molar-refractivity contribution in [3.8, 4) is 0 Å². The van der Waals surface area contributed by atoms with E-state index in [-0.39, 0.29) is 0 Å². The second kappa shape index (κ2) is 4.96. The number of sulfonamides is 1. The molecule has 2 N–H and O–H groups in total. The normalized spacial score (nSPS) is 23.7. The quantitative estimate of drug-likeness (QED) is 0.921. The maximum Gasteiger partial charge on any atom is 0.243 e. The molecule has 6 heteroatoms. The number of benzene rings is 1. The van der Waals surface area contributed by atoms with Crippen LogP contribution in [0.3, 0.4) is 0 Å². The van der Waals surface area contributed by atoms with Gasteiger partial charge in [-0.25, -0.2) is 13.4 Å². The highest BCUT2D eigenvalue weighted by molar-refractivity contribution is 7.89. The van der Waals surface area contributed by atoms with Gasteiger partial charge >= 0.3 is 0 Å². The van der Waals surface area contributed by atoms with Crippen molar-refractivity contribution >= 4 is 26.7 Å². The summed E-state index contributed by atoms with van der Waals surface area (Å²) in [6.07, 6.45) is 0. The third-order valence-electron chi connectivity index (χ3n) is 4.27. The van der Waals surface area contributed by atoms with Crippen molar-refractivity contribution < 1.29 is 8.42 Å². The zero-order valence-corrected chi connectivity index (χ0v) is 13.0. The van der Waals surface area contributed by atoms with Crippen LogP contribution in [0.1, 0.15) is 13.8 Å². The van der Waals surface area contributed by atoms with Crippen LogP contribution in [0.15, 0.2) is 35.2 Å². The third-order valence-corrected chi connectivity index (χ3v) is 6.10. The molecule has 0 amide bonds. The lowest BCUT2D eigenvalue weighted by molar-refractivity contribution is 0.463.